The number of hydrogen-bond donors (Lipinski definition) is 1. The van der Waals surface area contributed by atoms with E-state index >= 15 is 0 Å². The molecule has 0 saturated carbocycles. The Morgan fingerprint density at radius 1 is 1.35 bits per heavy atom. The first-order valence-corrected chi connectivity index (χ1v) is 5.50. The average Bonchev–Trinajstić information content (AvgIpc) is 2.38. The van der Waals surface area contributed by atoms with Crippen molar-refractivity contribution in [2.24, 2.45) is 0 Å². The van der Waals surface area contributed by atoms with Crippen molar-refractivity contribution in [2.75, 3.05) is 33.9 Å². The summed E-state index contributed by atoms with van der Waals surface area (Å²) in [6, 6.07) is 3.01. The molecule has 1 aromatic rings. The van der Waals surface area contributed by atoms with Gasteiger partial charge in [0.25, 0.3) is 0 Å². The molecule has 1 aliphatic rings. The molecular formula is C12H16FNO3. The van der Waals surface area contributed by atoms with Crippen LogP contribution in [0.4, 0.5) is 4.39 Å². The summed E-state index contributed by atoms with van der Waals surface area (Å²) in [6.45, 7) is 1.94. The predicted octanol–water partition coefficient (Wildman–Crippen LogP) is 1.50. The SMILES string of the molecule is COc1cc(F)c(C2CNCCO2)c(OC)c1. The predicted molar refractivity (Wildman–Crippen MR) is 61.1 cm³/mol. The van der Waals surface area contributed by atoms with Crippen molar-refractivity contribution in [3.63, 3.8) is 0 Å². The van der Waals surface area contributed by atoms with E-state index in [4.69, 9.17) is 14.2 Å². The molecule has 0 amide bonds. The number of nitrogens with one attached hydrogen (secondary N) is 1. The molecular weight excluding hydrogens is 225 g/mol. The molecule has 1 aromatic carbocycles. The van der Waals surface area contributed by atoms with Gasteiger partial charge >= 0.3 is 0 Å². The Hall–Kier alpha value is -1.33. The molecule has 1 fully saturated rings. The highest BCUT2D eigenvalue weighted by molar-refractivity contribution is 5.43. The second-order valence-corrected chi connectivity index (χ2v) is 3.79. The zero-order valence-corrected chi connectivity index (χ0v) is 9.96. The van der Waals surface area contributed by atoms with Gasteiger partial charge in [-0.05, 0) is 0 Å². The summed E-state index contributed by atoms with van der Waals surface area (Å²) in [5.41, 5.74) is 0.445. The minimum atomic E-state index is -0.366. The highest BCUT2D eigenvalue weighted by Gasteiger charge is 2.24. The molecule has 94 valence electrons. The Morgan fingerprint density at radius 3 is 2.76 bits per heavy atom. The molecule has 0 aromatic heterocycles. The van der Waals surface area contributed by atoms with E-state index in [-0.39, 0.29) is 11.9 Å². The summed E-state index contributed by atoms with van der Waals surface area (Å²) in [4.78, 5) is 0. The number of benzene rings is 1. The van der Waals surface area contributed by atoms with E-state index in [0.29, 0.717) is 30.2 Å². The second kappa shape index (κ2) is 5.33. The largest absolute Gasteiger partial charge is 0.497 e. The highest BCUT2D eigenvalue weighted by atomic mass is 19.1. The number of methoxy groups -OCH3 is 2. The minimum Gasteiger partial charge on any atom is -0.497 e. The fraction of sp³-hybridized carbons (Fsp3) is 0.500. The molecule has 5 heteroatoms. The molecule has 1 saturated heterocycles. The van der Waals surface area contributed by atoms with Crippen molar-refractivity contribution in [2.45, 2.75) is 6.10 Å². The van der Waals surface area contributed by atoms with E-state index < -0.39 is 0 Å². The number of ether oxygens (including phenoxy) is 3. The molecule has 1 heterocycles. The van der Waals surface area contributed by atoms with Gasteiger partial charge < -0.3 is 19.5 Å². The van der Waals surface area contributed by atoms with Crippen LogP contribution < -0.4 is 14.8 Å². The fourth-order valence-electron chi connectivity index (χ4n) is 1.92. The summed E-state index contributed by atoms with van der Waals surface area (Å²) in [5, 5.41) is 3.16. The summed E-state index contributed by atoms with van der Waals surface area (Å²) in [5.74, 6) is 0.525. The van der Waals surface area contributed by atoms with E-state index in [1.54, 1.807) is 6.07 Å². The van der Waals surface area contributed by atoms with Crippen LogP contribution >= 0.6 is 0 Å². The number of morpholine rings is 1. The van der Waals surface area contributed by atoms with Gasteiger partial charge in [-0.1, -0.05) is 0 Å². The van der Waals surface area contributed by atoms with Crippen LogP contribution in [0.2, 0.25) is 0 Å². The number of rotatable bonds is 3. The molecule has 1 atom stereocenters. The van der Waals surface area contributed by atoms with Crippen LogP contribution in [0.15, 0.2) is 12.1 Å². The fourth-order valence-corrected chi connectivity index (χ4v) is 1.92. The number of halogens is 1. The summed E-state index contributed by atoms with van der Waals surface area (Å²) in [7, 11) is 3.00. The lowest BCUT2D eigenvalue weighted by atomic mass is 10.1. The van der Waals surface area contributed by atoms with E-state index in [0.717, 1.165) is 6.54 Å². The number of hydrogen-bond acceptors (Lipinski definition) is 4. The summed E-state index contributed by atoms with van der Waals surface area (Å²) < 4.78 is 29.7. The van der Waals surface area contributed by atoms with E-state index in [1.807, 2.05) is 0 Å². The zero-order chi connectivity index (χ0) is 12.3. The van der Waals surface area contributed by atoms with E-state index in [2.05, 4.69) is 5.32 Å². The maximum atomic E-state index is 14.0. The van der Waals surface area contributed by atoms with Crippen molar-refractivity contribution in [3.05, 3.63) is 23.5 Å². The normalized spacial score (nSPS) is 20.1. The van der Waals surface area contributed by atoms with Gasteiger partial charge in [0.2, 0.25) is 0 Å². The topological polar surface area (TPSA) is 39.7 Å². The Kier molecular flexibility index (Phi) is 3.81. The van der Waals surface area contributed by atoms with Crippen molar-refractivity contribution in [1.82, 2.24) is 5.32 Å². The first-order valence-electron chi connectivity index (χ1n) is 5.50. The molecule has 0 spiro atoms. The highest BCUT2D eigenvalue weighted by Crippen LogP contribution is 2.34. The Balaban J connectivity index is 2.36. The Bertz CT molecular complexity index is 392. The summed E-state index contributed by atoms with van der Waals surface area (Å²) >= 11 is 0. The van der Waals surface area contributed by atoms with Crippen LogP contribution in [0.1, 0.15) is 11.7 Å². The molecule has 4 nitrogen and oxygen atoms in total. The van der Waals surface area contributed by atoms with Gasteiger partial charge in [0.05, 0.1) is 26.4 Å². The molecule has 1 aliphatic heterocycles. The van der Waals surface area contributed by atoms with Crippen molar-refractivity contribution < 1.29 is 18.6 Å². The van der Waals surface area contributed by atoms with Crippen LogP contribution in [-0.4, -0.2) is 33.9 Å². The van der Waals surface area contributed by atoms with Gasteiger partial charge in [-0.15, -0.1) is 0 Å². The zero-order valence-electron chi connectivity index (χ0n) is 9.96. The molecule has 1 unspecified atom stereocenters. The lowest BCUT2D eigenvalue weighted by molar-refractivity contribution is 0.0239. The van der Waals surface area contributed by atoms with E-state index in [9.17, 15) is 4.39 Å². The van der Waals surface area contributed by atoms with Crippen LogP contribution in [0.3, 0.4) is 0 Å². The van der Waals surface area contributed by atoms with Crippen molar-refractivity contribution in [3.8, 4) is 11.5 Å². The molecule has 1 N–H and O–H groups in total. The maximum Gasteiger partial charge on any atom is 0.136 e. The quantitative estimate of drug-likeness (QED) is 0.870. The second-order valence-electron chi connectivity index (χ2n) is 3.79. The van der Waals surface area contributed by atoms with Gasteiger partial charge in [-0.25, -0.2) is 4.39 Å². The third-order valence-corrected chi connectivity index (χ3v) is 2.77. The summed E-state index contributed by atoms with van der Waals surface area (Å²) in [6.07, 6.45) is -0.315. The lowest BCUT2D eigenvalue weighted by Crippen LogP contribution is -2.34. The first-order chi connectivity index (χ1) is 8.26. The molecule has 2 rings (SSSR count). The standard InChI is InChI=1S/C12H16FNO3/c1-15-8-5-9(13)12(10(6-8)16-2)11-7-14-3-4-17-11/h5-6,11,14H,3-4,7H2,1-2H3. The monoisotopic (exact) mass is 241 g/mol. The molecule has 17 heavy (non-hydrogen) atoms. The van der Waals surface area contributed by atoms with Crippen LogP contribution in [0, 0.1) is 5.82 Å². The van der Waals surface area contributed by atoms with Gasteiger partial charge in [-0.2, -0.15) is 0 Å². The van der Waals surface area contributed by atoms with Gasteiger partial charge in [0, 0.05) is 25.2 Å². The van der Waals surface area contributed by atoms with Crippen molar-refractivity contribution >= 4 is 0 Å². The molecule has 0 radical (unpaired) electrons. The molecule has 0 aliphatic carbocycles. The third-order valence-electron chi connectivity index (χ3n) is 2.77. The van der Waals surface area contributed by atoms with Crippen LogP contribution in [-0.2, 0) is 4.74 Å². The van der Waals surface area contributed by atoms with Crippen LogP contribution in [0.5, 0.6) is 11.5 Å². The van der Waals surface area contributed by atoms with Crippen LogP contribution in [0.25, 0.3) is 0 Å². The maximum absolute atomic E-state index is 14.0. The first kappa shape index (κ1) is 12.1. The van der Waals surface area contributed by atoms with Gasteiger partial charge in [0.1, 0.15) is 23.4 Å². The van der Waals surface area contributed by atoms with Gasteiger partial charge in [-0.3, -0.25) is 0 Å². The van der Waals surface area contributed by atoms with E-state index in [1.165, 1.54) is 20.3 Å². The Morgan fingerprint density at radius 2 is 2.18 bits per heavy atom. The minimum absolute atomic E-state index is 0.315. The van der Waals surface area contributed by atoms with Gasteiger partial charge in [0.15, 0.2) is 0 Å². The van der Waals surface area contributed by atoms with Crippen molar-refractivity contribution in [1.29, 1.82) is 0 Å². The third kappa shape index (κ3) is 2.50. The average molecular weight is 241 g/mol. The smallest absolute Gasteiger partial charge is 0.136 e. The molecule has 0 bridgehead atoms. The Labute approximate surface area is 99.7 Å². The lowest BCUT2D eigenvalue weighted by Gasteiger charge is -2.25.